The third-order valence-electron chi connectivity index (χ3n) is 5.89. The predicted molar refractivity (Wildman–Crippen MR) is 128 cm³/mol. The minimum absolute atomic E-state index is 0.0111. The molecule has 0 unspecified atom stereocenters. The molecule has 2 aromatic carbocycles. The second-order valence-corrected chi connectivity index (χ2v) is 10.5. The first-order valence-corrected chi connectivity index (χ1v) is 13.1. The highest BCUT2D eigenvalue weighted by atomic mass is 32.2. The van der Waals surface area contributed by atoms with Gasteiger partial charge in [0.15, 0.2) is 0 Å². The summed E-state index contributed by atoms with van der Waals surface area (Å²) in [6, 6.07) is 8.72. The molecule has 0 saturated heterocycles. The topological polar surface area (TPSA) is 94.8 Å². The van der Waals surface area contributed by atoms with Crippen molar-refractivity contribution in [2.75, 3.05) is 26.3 Å². The number of nitrogens with two attached hydrogens (primary N) is 1. The van der Waals surface area contributed by atoms with Crippen LogP contribution >= 0.6 is 0 Å². The highest BCUT2D eigenvalue weighted by Gasteiger charge is 2.39. The minimum atomic E-state index is -5.20. The van der Waals surface area contributed by atoms with Gasteiger partial charge in [-0.15, -0.1) is 0 Å². The second kappa shape index (κ2) is 11.0. The summed E-state index contributed by atoms with van der Waals surface area (Å²) in [5, 5.41) is 0. The lowest BCUT2D eigenvalue weighted by atomic mass is 10.00. The van der Waals surface area contributed by atoms with Crippen molar-refractivity contribution in [3.8, 4) is 22.8 Å². The van der Waals surface area contributed by atoms with Crippen LogP contribution in [0, 0.1) is 0 Å². The van der Waals surface area contributed by atoms with Crippen LogP contribution in [0.1, 0.15) is 23.1 Å². The molecule has 0 saturated carbocycles. The first-order chi connectivity index (χ1) is 18.3. The van der Waals surface area contributed by atoms with E-state index in [2.05, 4.69) is 4.98 Å². The van der Waals surface area contributed by atoms with Crippen molar-refractivity contribution in [3.63, 3.8) is 0 Å². The quantitative estimate of drug-likeness (QED) is 0.412. The molecule has 0 amide bonds. The Hall–Kier alpha value is -3.36. The van der Waals surface area contributed by atoms with Gasteiger partial charge in [0.25, 0.3) is 0 Å². The number of aromatic nitrogens is 1. The van der Waals surface area contributed by atoms with Crippen LogP contribution in [0.25, 0.3) is 11.1 Å². The maximum atomic E-state index is 13.6. The molecular formula is C25H23F6N3O4S. The van der Waals surface area contributed by atoms with Gasteiger partial charge in [0.2, 0.25) is 15.9 Å². The van der Waals surface area contributed by atoms with Gasteiger partial charge in [0, 0.05) is 37.0 Å². The maximum Gasteiger partial charge on any atom is 0.416 e. The molecule has 210 valence electrons. The van der Waals surface area contributed by atoms with E-state index in [4.69, 9.17) is 15.2 Å². The molecule has 4 rings (SSSR count). The van der Waals surface area contributed by atoms with Crippen LogP contribution in [0.2, 0.25) is 0 Å². The van der Waals surface area contributed by atoms with Gasteiger partial charge in [-0.3, -0.25) is 0 Å². The van der Waals surface area contributed by atoms with Crippen molar-refractivity contribution in [2.24, 2.45) is 5.73 Å². The highest BCUT2D eigenvalue weighted by Crippen LogP contribution is 2.40. The van der Waals surface area contributed by atoms with Gasteiger partial charge in [-0.2, -0.15) is 30.6 Å². The maximum absolute atomic E-state index is 13.6. The average Bonchev–Trinajstić information content (AvgIpc) is 2.86. The van der Waals surface area contributed by atoms with Crippen LogP contribution < -0.4 is 15.2 Å². The number of benzene rings is 2. The number of hydrogen-bond acceptors (Lipinski definition) is 6. The Labute approximate surface area is 220 Å². The lowest BCUT2D eigenvalue weighted by molar-refractivity contribution is -0.143. The molecule has 0 spiro atoms. The number of pyridine rings is 1. The summed E-state index contributed by atoms with van der Waals surface area (Å²) < 4.78 is 120. The fourth-order valence-electron chi connectivity index (χ4n) is 4.08. The van der Waals surface area contributed by atoms with Crippen LogP contribution in [0.5, 0.6) is 11.6 Å². The van der Waals surface area contributed by atoms with E-state index in [-0.39, 0.29) is 62.4 Å². The van der Waals surface area contributed by atoms with E-state index in [0.29, 0.717) is 16.9 Å². The molecule has 0 bridgehead atoms. The molecule has 3 aromatic rings. The zero-order valence-corrected chi connectivity index (χ0v) is 21.0. The first kappa shape index (κ1) is 28.6. The van der Waals surface area contributed by atoms with Crippen LogP contribution in [0.4, 0.5) is 26.3 Å². The van der Waals surface area contributed by atoms with Gasteiger partial charge in [0.05, 0.1) is 22.6 Å². The van der Waals surface area contributed by atoms with E-state index in [9.17, 15) is 34.8 Å². The molecule has 39 heavy (non-hydrogen) atoms. The Morgan fingerprint density at radius 1 is 0.974 bits per heavy atom. The van der Waals surface area contributed by atoms with Gasteiger partial charge >= 0.3 is 12.4 Å². The normalized spacial score (nSPS) is 15.2. The number of alkyl halides is 6. The third-order valence-corrected chi connectivity index (χ3v) is 7.72. The zero-order valence-electron chi connectivity index (χ0n) is 20.2. The second-order valence-electron chi connectivity index (χ2n) is 8.56. The summed E-state index contributed by atoms with van der Waals surface area (Å²) in [4.78, 5) is 3.06. The van der Waals surface area contributed by atoms with Gasteiger partial charge in [0.1, 0.15) is 12.4 Å². The molecule has 1 aliphatic rings. The molecule has 0 radical (unpaired) electrons. The number of nitrogens with zero attached hydrogens (tertiary/aromatic N) is 2. The van der Waals surface area contributed by atoms with E-state index < -0.39 is 44.9 Å². The Kier molecular flexibility index (Phi) is 8.09. The Balaban J connectivity index is 1.83. The molecule has 14 heteroatoms. The molecule has 0 aliphatic carbocycles. The van der Waals surface area contributed by atoms with Crippen molar-refractivity contribution >= 4 is 10.0 Å². The van der Waals surface area contributed by atoms with E-state index >= 15 is 0 Å². The zero-order chi connectivity index (χ0) is 28.4. The summed E-state index contributed by atoms with van der Waals surface area (Å²) in [7, 11) is -4.83. The molecule has 2 heterocycles. The van der Waals surface area contributed by atoms with E-state index in [1.807, 2.05) is 0 Å². The average molecular weight is 576 g/mol. The molecular weight excluding hydrogens is 552 g/mol. The van der Waals surface area contributed by atoms with Crippen molar-refractivity contribution in [1.82, 2.24) is 9.29 Å². The molecule has 0 fully saturated rings. The van der Waals surface area contributed by atoms with E-state index in [0.717, 1.165) is 4.31 Å². The molecule has 1 aliphatic heterocycles. The van der Waals surface area contributed by atoms with E-state index in [1.54, 1.807) is 30.3 Å². The first-order valence-electron chi connectivity index (χ1n) is 11.6. The van der Waals surface area contributed by atoms with Crippen molar-refractivity contribution in [3.05, 3.63) is 71.4 Å². The third kappa shape index (κ3) is 6.28. The summed E-state index contributed by atoms with van der Waals surface area (Å²) in [6.45, 7) is -0.215. The van der Waals surface area contributed by atoms with Gasteiger partial charge < -0.3 is 15.2 Å². The Morgan fingerprint density at radius 2 is 1.64 bits per heavy atom. The van der Waals surface area contributed by atoms with Crippen molar-refractivity contribution in [2.45, 2.75) is 30.2 Å². The Morgan fingerprint density at radius 3 is 2.28 bits per heavy atom. The molecule has 2 N–H and O–H groups in total. The number of fused-ring (bicyclic) bond motifs is 1. The number of hydrogen-bond donors (Lipinski definition) is 1. The number of ether oxygens (including phenoxy) is 2. The van der Waals surface area contributed by atoms with Gasteiger partial charge in [-0.05, 0) is 42.3 Å². The fourth-order valence-corrected chi connectivity index (χ4v) is 5.60. The predicted octanol–water partition coefficient (Wildman–Crippen LogP) is 5.10. The van der Waals surface area contributed by atoms with Gasteiger partial charge in [-0.1, -0.05) is 18.2 Å². The highest BCUT2D eigenvalue weighted by molar-refractivity contribution is 7.89. The molecule has 1 aromatic heterocycles. The minimum Gasteiger partial charge on any atom is -0.492 e. The Bertz CT molecular complexity index is 1410. The largest absolute Gasteiger partial charge is 0.492 e. The van der Waals surface area contributed by atoms with Gasteiger partial charge in [-0.25, -0.2) is 13.4 Å². The van der Waals surface area contributed by atoms with Crippen LogP contribution in [-0.4, -0.2) is 44.0 Å². The van der Waals surface area contributed by atoms with E-state index in [1.165, 1.54) is 6.20 Å². The number of para-hydroxylation sites is 1. The van der Waals surface area contributed by atoms with Crippen LogP contribution in [0.15, 0.2) is 59.6 Å². The fraction of sp³-hybridized carbons (Fsp3) is 0.320. The van der Waals surface area contributed by atoms with Crippen LogP contribution in [0.3, 0.4) is 0 Å². The lowest BCUT2D eigenvalue weighted by Gasteiger charge is -2.27. The lowest BCUT2D eigenvalue weighted by Crippen LogP contribution is -2.34. The summed E-state index contributed by atoms with van der Waals surface area (Å²) in [5.41, 5.74) is 3.38. The summed E-state index contributed by atoms with van der Waals surface area (Å²) in [5.74, 6) is 0.515. The summed E-state index contributed by atoms with van der Waals surface area (Å²) in [6.07, 6.45) is -8.85. The smallest absolute Gasteiger partial charge is 0.416 e. The molecule has 0 atom stereocenters. The number of halogens is 6. The number of rotatable bonds is 6. The molecule has 7 nitrogen and oxygen atoms in total. The van der Waals surface area contributed by atoms with Crippen LogP contribution in [-0.2, 0) is 28.9 Å². The SMILES string of the molecule is NCCOc1ccccc1-c1ccnc2c1CN(S(=O)(=O)c1cc(C(F)(F)F)cc(C(F)(F)F)c1)CCCO2. The monoisotopic (exact) mass is 575 g/mol. The summed E-state index contributed by atoms with van der Waals surface area (Å²) >= 11 is 0. The number of sulfonamides is 1. The van der Waals surface area contributed by atoms with Crippen molar-refractivity contribution in [1.29, 1.82) is 0 Å². The standard InChI is InChI=1S/C25H23F6N3O4S/c26-24(27,28)16-12-17(25(29,30)31)14-18(13-16)39(35,36)34-9-3-10-38-23-21(15-34)19(6-8-33-23)20-4-1-2-5-22(20)37-11-7-32/h1-2,4-6,8,12-14H,3,7,9-11,15,32H2. The van der Waals surface area contributed by atoms with Crippen molar-refractivity contribution < 1.29 is 44.2 Å².